The van der Waals surface area contributed by atoms with Crippen LogP contribution in [0, 0.1) is 4.91 Å². The van der Waals surface area contributed by atoms with Crippen molar-refractivity contribution in [3.05, 3.63) is 40.8 Å². The molecule has 2 atom stereocenters. The molecular weight excluding hydrogens is 220 g/mol. The fraction of sp³-hybridized carbons (Fsp3) is 0.500. The van der Waals surface area contributed by atoms with Gasteiger partial charge in [-0.25, -0.2) is 0 Å². The first-order valence-corrected chi connectivity index (χ1v) is 5.52. The molecule has 0 bridgehead atoms. The first-order valence-electron chi connectivity index (χ1n) is 5.52. The Morgan fingerprint density at radius 3 is 2.59 bits per heavy atom. The molecule has 0 saturated carbocycles. The Bertz CT molecular complexity index is 332. The number of aliphatic hydroxyl groups excluding tert-OH is 1. The molecular formula is C12H18N2O3. The van der Waals surface area contributed by atoms with Crippen LogP contribution in [0.3, 0.4) is 0 Å². The van der Waals surface area contributed by atoms with Crippen LogP contribution in [-0.2, 0) is 4.74 Å². The Morgan fingerprint density at radius 2 is 2.06 bits per heavy atom. The third-order valence-electron chi connectivity index (χ3n) is 2.70. The highest BCUT2D eigenvalue weighted by atomic mass is 16.5. The summed E-state index contributed by atoms with van der Waals surface area (Å²) in [5.74, 6) is 0. The molecule has 0 spiro atoms. The summed E-state index contributed by atoms with van der Waals surface area (Å²) in [4.78, 5) is 10.7. The molecule has 0 aliphatic carbocycles. The average Bonchev–Trinajstić information content (AvgIpc) is 2.39. The molecule has 1 N–H and O–H groups in total. The van der Waals surface area contributed by atoms with E-state index in [0.717, 1.165) is 5.56 Å². The third kappa shape index (κ3) is 3.80. The highest BCUT2D eigenvalue weighted by Gasteiger charge is 2.22. The van der Waals surface area contributed by atoms with Crippen molar-refractivity contribution in [2.75, 3.05) is 20.3 Å². The van der Waals surface area contributed by atoms with Crippen molar-refractivity contribution in [3.8, 4) is 0 Å². The Balaban J connectivity index is 2.67. The Labute approximate surface area is 101 Å². The smallest absolute Gasteiger partial charge is 0.101 e. The van der Waals surface area contributed by atoms with Crippen LogP contribution in [0.5, 0.6) is 0 Å². The Hall–Kier alpha value is -1.46. The van der Waals surface area contributed by atoms with Gasteiger partial charge in [0, 0.05) is 7.11 Å². The van der Waals surface area contributed by atoms with E-state index >= 15 is 0 Å². The lowest BCUT2D eigenvalue weighted by Crippen LogP contribution is -2.35. The van der Waals surface area contributed by atoms with Crippen LogP contribution in [0.15, 0.2) is 35.6 Å². The number of benzene rings is 1. The van der Waals surface area contributed by atoms with Gasteiger partial charge in [0.1, 0.15) is 6.10 Å². The molecule has 0 unspecified atom stereocenters. The van der Waals surface area contributed by atoms with Crippen LogP contribution in [-0.4, -0.2) is 36.4 Å². The SMILES string of the molecule is COCCN(N=O)[C@@H](C)[C@H](O)c1ccccc1. The van der Waals surface area contributed by atoms with Crippen LogP contribution in [0.4, 0.5) is 0 Å². The first-order chi connectivity index (χ1) is 8.20. The van der Waals surface area contributed by atoms with E-state index in [1.54, 1.807) is 14.0 Å². The number of aliphatic hydroxyl groups is 1. The highest BCUT2D eigenvalue weighted by molar-refractivity contribution is 5.18. The topological polar surface area (TPSA) is 62.1 Å². The minimum absolute atomic E-state index is 0.366. The number of hydrogen-bond acceptors (Lipinski definition) is 4. The molecule has 0 saturated heterocycles. The number of ether oxygens (including phenoxy) is 1. The van der Waals surface area contributed by atoms with Gasteiger partial charge in [0.25, 0.3) is 0 Å². The summed E-state index contributed by atoms with van der Waals surface area (Å²) in [6.07, 6.45) is -0.745. The van der Waals surface area contributed by atoms with Crippen molar-refractivity contribution >= 4 is 0 Å². The van der Waals surface area contributed by atoms with Crippen LogP contribution >= 0.6 is 0 Å². The molecule has 94 valence electrons. The van der Waals surface area contributed by atoms with Gasteiger partial charge in [-0.1, -0.05) is 30.3 Å². The summed E-state index contributed by atoms with van der Waals surface area (Å²) in [5, 5.41) is 14.3. The van der Waals surface area contributed by atoms with Crippen LogP contribution in [0.2, 0.25) is 0 Å². The molecule has 0 aromatic heterocycles. The lowest BCUT2D eigenvalue weighted by molar-refractivity contribution is 0.0421. The lowest BCUT2D eigenvalue weighted by Gasteiger charge is -2.27. The molecule has 5 nitrogen and oxygen atoms in total. The number of hydrogen-bond donors (Lipinski definition) is 1. The molecule has 0 fully saturated rings. The van der Waals surface area contributed by atoms with Gasteiger partial charge in [-0.05, 0) is 12.5 Å². The summed E-state index contributed by atoms with van der Waals surface area (Å²) in [6.45, 7) is 2.53. The van der Waals surface area contributed by atoms with Gasteiger partial charge in [0.2, 0.25) is 0 Å². The number of nitrogens with zero attached hydrogens (tertiary/aromatic N) is 2. The fourth-order valence-corrected chi connectivity index (χ4v) is 1.60. The van der Waals surface area contributed by atoms with Gasteiger partial charge in [-0.15, -0.1) is 4.91 Å². The van der Waals surface area contributed by atoms with Crippen molar-refractivity contribution in [2.45, 2.75) is 19.1 Å². The minimum Gasteiger partial charge on any atom is -0.386 e. The van der Waals surface area contributed by atoms with Crippen molar-refractivity contribution in [1.29, 1.82) is 0 Å². The zero-order chi connectivity index (χ0) is 12.7. The molecule has 17 heavy (non-hydrogen) atoms. The molecule has 5 heteroatoms. The van der Waals surface area contributed by atoms with E-state index in [0.29, 0.717) is 13.2 Å². The van der Waals surface area contributed by atoms with Crippen molar-refractivity contribution < 1.29 is 9.84 Å². The van der Waals surface area contributed by atoms with Gasteiger partial charge in [-0.2, -0.15) is 0 Å². The van der Waals surface area contributed by atoms with Gasteiger partial charge in [-0.3, -0.25) is 5.01 Å². The molecule has 0 radical (unpaired) electrons. The predicted octanol–water partition coefficient (Wildman–Crippen LogP) is 1.74. The van der Waals surface area contributed by atoms with E-state index in [1.807, 2.05) is 30.3 Å². The Kier molecular flexibility index (Phi) is 5.59. The number of rotatable bonds is 7. The van der Waals surface area contributed by atoms with Gasteiger partial charge in [0.05, 0.1) is 24.5 Å². The predicted molar refractivity (Wildman–Crippen MR) is 65.2 cm³/mol. The van der Waals surface area contributed by atoms with E-state index < -0.39 is 6.10 Å². The number of methoxy groups -OCH3 is 1. The quantitative estimate of drug-likeness (QED) is 0.580. The summed E-state index contributed by atoms with van der Waals surface area (Å²) in [7, 11) is 1.56. The molecule has 1 rings (SSSR count). The second-order valence-corrected chi connectivity index (χ2v) is 3.83. The summed E-state index contributed by atoms with van der Waals surface area (Å²) < 4.78 is 4.89. The van der Waals surface area contributed by atoms with Gasteiger partial charge >= 0.3 is 0 Å². The average molecular weight is 238 g/mol. The van der Waals surface area contributed by atoms with Gasteiger partial charge in [0.15, 0.2) is 0 Å². The second kappa shape index (κ2) is 6.98. The van der Waals surface area contributed by atoms with E-state index in [9.17, 15) is 10.0 Å². The van der Waals surface area contributed by atoms with Crippen molar-refractivity contribution in [3.63, 3.8) is 0 Å². The summed E-state index contributed by atoms with van der Waals surface area (Å²) in [6, 6.07) is 8.82. The van der Waals surface area contributed by atoms with Gasteiger partial charge < -0.3 is 9.84 Å². The molecule has 0 heterocycles. The van der Waals surface area contributed by atoms with Crippen LogP contribution < -0.4 is 0 Å². The molecule has 1 aromatic carbocycles. The number of nitroso groups, excluding NO2 is 1. The molecule has 0 aliphatic heterocycles. The zero-order valence-electron chi connectivity index (χ0n) is 10.1. The monoisotopic (exact) mass is 238 g/mol. The third-order valence-corrected chi connectivity index (χ3v) is 2.70. The lowest BCUT2D eigenvalue weighted by atomic mass is 10.0. The van der Waals surface area contributed by atoms with E-state index in [-0.39, 0.29) is 6.04 Å². The van der Waals surface area contributed by atoms with Crippen LogP contribution in [0.25, 0.3) is 0 Å². The van der Waals surface area contributed by atoms with Crippen molar-refractivity contribution in [1.82, 2.24) is 5.01 Å². The minimum atomic E-state index is -0.745. The van der Waals surface area contributed by atoms with E-state index in [1.165, 1.54) is 5.01 Å². The second-order valence-electron chi connectivity index (χ2n) is 3.83. The van der Waals surface area contributed by atoms with Crippen LogP contribution in [0.1, 0.15) is 18.6 Å². The van der Waals surface area contributed by atoms with E-state index in [4.69, 9.17) is 4.74 Å². The normalized spacial score (nSPS) is 14.1. The van der Waals surface area contributed by atoms with Crippen molar-refractivity contribution in [2.24, 2.45) is 5.29 Å². The first kappa shape index (κ1) is 13.6. The maximum Gasteiger partial charge on any atom is 0.101 e. The largest absolute Gasteiger partial charge is 0.386 e. The maximum atomic E-state index is 10.7. The molecule has 0 amide bonds. The fourth-order valence-electron chi connectivity index (χ4n) is 1.60. The zero-order valence-corrected chi connectivity index (χ0v) is 10.1. The molecule has 1 aromatic rings. The van der Waals surface area contributed by atoms with E-state index in [2.05, 4.69) is 5.29 Å². The highest BCUT2D eigenvalue weighted by Crippen LogP contribution is 2.20. The standard InChI is InChI=1S/C12H18N2O3/c1-10(14(13-16)8-9-17-2)12(15)11-6-4-3-5-7-11/h3-7,10,12,15H,8-9H2,1-2H3/t10-,12-/m0/s1. The molecule has 0 aliphatic rings. The summed E-state index contributed by atoms with van der Waals surface area (Å²) >= 11 is 0. The maximum absolute atomic E-state index is 10.7. The summed E-state index contributed by atoms with van der Waals surface area (Å²) in [5.41, 5.74) is 0.770. The Morgan fingerprint density at radius 1 is 1.41 bits per heavy atom.